The Morgan fingerprint density at radius 2 is 2.42 bits per heavy atom. The molecular weight excluding hydrogens is 218 g/mol. The summed E-state index contributed by atoms with van der Waals surface area (Å²) in [5.41, 5.74) is 0. The predicted molar refractivity (Wildman–Crippen MR) is 52.3 cm³/mol. The molecule has 4 heteroatoms. The zero-order chi connectivity index (χ0) is 8.97. The van der Waals surface area contributed by atoms with Gasteiger partial charge in [-0.2, -0.15) is 5.10 Å². The van der Waals surface area contributed by atoms with Crippen molar-refractivity contribution < 1.29 is 0 Å². The molecule has 1 heterocycles. The lowest BCUT2D eigenvalue weighted by molar-refractivity contribution is 0.654. The minimum atomic E-state index is 0.606. The minimum absolute atomic E-state index is 0.606. The fourth-order valence-corrected chi connectivity index (χ4v) is 1.27. The lowest BCUT2D eigenvalue weighted by Gasteiger charge is -2.04. The van der Waals surface area contributed by atoms with E-state index in [0.717, 1.165) is 25.1 Å². The quantitative estimate of drug-likeness (QED) is 0.742. The second kappa shape index (κ2) is 4.60. The van der Waals surface area contributed by atoms with E-state index in [4.69, 9.17) is 0 Å². The summed E-state index contributed by atoms with van der Waals surface area (Å²) >= 11 is 3.59. The van der Waals surface area contributed by atoms with E-state index in [9.17, 15) is 0 Å². The average Bonchev–Trinajstić information content (AvgIpc) is 2.47. The van der Waals surface area contributed by atoms with Crippen molar-refractivity contribution in [1.82, 2.24) is 14.8 Å². The molecule has 1 aromatic rings. The summed E-state index contributed by atoms with van der Waals surface area (Å²) in [7, 11) is 1.93. The van der Waals surface area contributed by atoms with Gasteiger partial charge in [-0.05, 0) is 12.8 Å². The van der Waals surface area contributed by atoms with E-state index in [2.05, 4.69) is 32.9 Å². The van der Waals surface area contributed by atoms with Crippen LogP contribution in [0.5, 0.6) is 0 Å². The van der Waals surface area contributed by atoms with Gasteiger partial charge in [0.05, 0.1) is 0 Å². The number of halogens is 1. The third-order valence-electron chi connectivity index (χ3n) is 1.93. The maximum atomic E-state index is 4.15. The lowest BCUT2D eigenvalue weighted by Crippen LogP contribution is -2.04. The Morgan fingerprint density at radius 1 is 1.67 bits per heavy atom. The molecule has 1 aromatic heterocycles. The summed E-state index contributed by atoms with van der Waals surface area (Å²) in [4.78, 5) is 4.76. The largest absolute Gasteiger partial charge is 0.253 e. The van der Waals surface area contributed by atoms with Gasteiger partial charge in [0.1, 0.15) is 12.2 Å². The molecule has 12 heavy (non-hydrogen) atoms. The molecule has 0 N–H and O–H groups in total. The minimum Gasteiger partial charge on any atom is -0.253 e. The van der Waals surface area contributed by atoms with Crippen LogP contribution in [-0.4, -0.2) is 19.6 Å². The van der Waals surface area contributed by atoms with E-state index in [1.807, 2.05) is 11.7 Å². The molecule has 1 rings (SSSR count). The molecule has 0 bridgehead atoms. The third kappa shape index (κ3) is 2.59. The van der Waals surface area contributed by atoms with Crippen molar-refractivity contribution in [3.63, 3.8) is 0 Å². The molecule has 0 aliphatic carbocycles. The van der Waals surface area contributed by atoms with Crippen molar-refractivity contribution >= 4 is 15.9 Å². The van der Waals surface area contributed by atoms with Crippen LogP contribution in [0, 0.1) is 0 Å². The Labute approximate surface area is 81.3 Å². The van der Waals surface area contributed by atoms with Crippen molar-refractivity contribution in [3.8, 4) is 0 Å². The highest BCUT2D eigenvalue weighted by Crippen LogP contribution is 2.11. The maximum absolute atomic E-state index is 4.15. The fourth-order valence-electron chi connectivity index (χ4n) is 1.04. The summed E-state index contributed by atoms with van der Waals surface area (Å²) in [6.45, 7) is 2.18. The molecule has 68 valence electrons. The van der Waals surface area contributed by atoms with Gasteiger partial charge in [0.15, 0.2) is 0 Å². The van der Waals surface area contributed by atoms with Crippen LogP contribution in [0.1, 0.15) is 25.6 Å². The number of nitrogens with zero attached hydrogens (tertiary/aromatic N) is 3. The highest BCUT2D eigenvalue weighted by Gasteiger charge is 2.04. The summed E-state index contributed by atoms with van der Waals surface area (Å²) in [5.74, 6) is 1.06. The highest BCUT2D eigenvalue weighted by atomic mass is 79.9. The standard InChI is InChI=1S/C8H14BrN3/c1-3-7(9)4-5-8-10-6-11-12(8)2/h6-7H,3-5H2,1-2H3. The van der Waals surface area contributed by atoms with E-state index < -0.39 is 0 Å². The number of aromatic nitrogens is 3. The monoisotopic (exact) mass is 231 g/mol. The molecule has 0 saturated carbocycles. The third-order valence-corrected chi connectivity index (χ3v) is 3.03. The molecule has 0 saturated heterocycles. The van der Waals surface area contributed by atoms with Gasteiger partial charge in [0.25, 0.3) is 0 Å². The molecule has 0 aliphatic rings. The van der Waals surface area contributed by atoms with Gasteiger partial charge < -0.3 is 0 Å². The first kappa shape index (κ1) is 9.71. The van der Waals surface area contributed by atoms with Crippen molar-refractivity contribution in [1.29, 1.82) is 0 Å². The smallest absolute Gasteiger partial charge is 0.138 e. The van der Waals surface area contributed by atoms with Crippen LogP contribution >= 0.6 is 15.9 Å². The number of hydrogen-bond donors (Lipinski definition) is 0. The van der Waals surface area contributed by atoms with Crippen molar-refractivity contribution in [3.05, 3.63) is 12.2 Å². The molecular formula is C8H14BrN3. The van der Waals surface area contributed by atoms with Gasteiger partial charge in [0.2, 0.25) is 0 Å². The van der Waals surface area contributed by atoms with Crippen LogP contribution in [-0.2, 0) is 13.5 Å². The van der Waals surface area contributed by atoms with Gasteiger partial charge in [-0.3, -0.25) is 4.68 Å². The molecule has 1 unspecified atom stereocenters. The highest BCUT2D eigenvalue weighted by molar-refractivity contribution is 9.09. The second-order valence-electron chi connectivity index (χ2n) is 2.84. The number of hydrogen-bond acceptors (Lipinski definition) is 2. The van der Waals surface area contributed by atoms with Gasteiger partial charge in [-0.15, -0.1) is 0 Å². The zero-order valence-corrected chi connectivity index (χ0v) is 9.08. The Bertz CT molecular complexity index is 234. The number of rotatable bonds is 4. The van der Waals surface area contributed by atoms with Crippen LogP contribution < -0.4 is 0 Å². The van der Waals surface area contributed by atoms with Gasteiger partial charge in [-0.25, -0.2) is 4.98 Å². The van der Waals surface area contributed by atoms with Gasteiger partial charge in [-0.1, -0.05) is 22.9 Å². The van der Waals surface area contributed by atoms with Crippen LogP contribution in [0.25, 0.3) is 0 Å². The first-order chi connectivity index (χ1) is 5.74. The van der Waals surface area contributed by atoms with Gasteiger partial charge >= 0.3 is 0 Å². The molecule has 1 atom stereocenters. The first-order valence-corrected chi connectivity index (χ1v) is 5.12. The molecule has 0 fully saturated rings. The Hall–Kier alpha value is -0.380. The molecule has 0 spiro atoms. The molecule has 3 nitrogen and oxygen atoms in total. The van der Waals surface area contributed by atoms with Crippen molar-refractivity contribution in [2.45, 2.75) is 31.0 Å². The average molecular weight is 232 g/mol. The first-order valence-electron chi connectivity index (χ1n) is 4.21. The molecule has 0 aromatic carbocycles. The fraction of sp³-hybridized carbons (Fsp3) is 0.750. The summed E-state index contributed by atoms with van der Waals surface area (Å²) in [6, 6.07) is 0. The van der Waals surface area contributed by atoms with Crippen LogP contribution in [0.2, 0.25) is 0 Å². The van der Waals surface area contributed by atoms with E-state index in [1.54, 1.807) is 6.33 Å². The molecule has 0 aliphatic heterocycles. The van der Waals surface area contributed by atoms with Gasteiger partial charge in [0, 0.05) is 18.3 Å². The summed E-state index contributed by atoms with van der Waals surface area (Å²) in [5, 5.41) is 4.01. The Kier molecular flexibility index (Phi) is 3.72. The van der Waals surface area contributed by atoms with E-state index in [0.29, 0.717) is 4.83 Å². The second-order valence-corrected chi connectivity index (χ2v) is 4.14. The zero-order valence-electron chi connectivity index (χ0n) is 7.50. The molecule has 0 radical (unpaired) electrons. The number of alkyl halides is 1. The van der Waals surface area contributed by atoms with Crippen LogP contribution in [0.3, 0.4) is 0 Å². The maximum Gasteiger partial charge on any atom is 0.138 e. The Morgan fingerprint density at radius 3 is 2.92 bits per heavy atom. The topological polar surface area (TPSA) is 30.7 Å². The normalized spacial score (nSPS) is 13.2. The van der Waals surface area contributed by atoms with Crippen LogP contribution in [0.4, 0.5) is 0 Å². The van der Waals surface area contributed by atoms with E-state index in [1.165, 1.54) is 0 Å². The van der Waals surface area contributed by atoms with Crippen molar-refractivity contribution in [2.24, 2.45) is 7.05 Å². The summed E-state index contributed by atoms with van der Waals surface area (Å²) < 4.78 is 1.83. The summed E-state index contributed by atoms with van der Waals surface area (Å²) in [6.07, 6.45) is 4.89. The SMILES string of the molecule is CCC(Br)CCc1ncnn1C. The predicted octanol–water partition coefficient (Wildman–Crippen LogP) is 1.92. The Balaban J connectivity index is 2.38. The van der Waals surface area contributed by atoms with E-state index in [-0.39, 0.29) is 0 Å². The molecule has 0 amide bonds. The number of aryl methyl sites for hydroxylation is 2. The van der Waals surface area contributed by atoms with Crippen molar-refractivity contribution in [2.75, 3.05) is 0 Å². The van der Waals surface area contributed by atoms with Crippen LogP contribution in [0.15, 0.2) is 6.33 Å². The lowest BCUT2D eigenvalue weighted by atomic mass is 10.2. The van der Waals surface area contributed by atoms with E-state index >= 15 is 0 Å².